The molecule has 1 aromatic heterocycles. The molecule has 42 heavy (non-hydrogen) atoms. The number of hydrogen-bond acceptors (Lipinski definition) is 5. The van der Waals surface area contributed by atoms with Crippen molar-refractivity contribution in [2.45, 2.75) is 37.8 Å². The predicted octanol–water partition coefficient (Wildman–Crippen LogP) is 4.96. The van der Waals surface area contributed by atoms with Crippen molar-refractivity contribution in [2.24, 2.45) is 0 Å². The van der Waals surface area contributed by atoms with E-state index < -0.39 is 27.2 Å². The quantitative estimate of drug-likeness (QED) is 0.368. The molecule has 1 fully saturated rings. The highest BCUT2D eigenvalue weighted by Crippen LogP contribution is 2.41. The summed E-state index contributed by atoms with van der Waals surface area (Å²) < 4.78 is 62.7. The molecule has 3 aromatic rings. The van der Waals surface area contributed by atoms with Gasteiger partial charge in [0.15, 0.2) is 0 Å². The number of anilines is 1. The topological polar surface area (TPSA) is 99.9 Å². The molecule has 1 aliphatic carbocycles. The zero-order valence-electron chi connectivity index (χ0n) is 24.0. The molecule has 1 saturated heterocycles. The summed E-state index contributed by atoms with van der Waals surface area (Å²) in [5.74, 6) is -0.180. The van der Waals surface area contributed by atoms with Gasteiger partial charge < -0.3 is 9.73 Å². The maximum Gasteiger partial charge on any atom is 0.255 e. The second-order valence-electron chi connectivity index (χ2n) is 10.7. The van der Waals surface area contributed by atoms with Crippen LogP contribution in [-0.2, 0) is 27.4 Å². The van der Waals surface area contributed by atoms with Gasteiger partial charge in [-0.05, 0) is 48.4 Å². The minimum atomic E-state index is -3.52. The van der Waals surface area contributed by atoms with Crippen LogP contribution in [0.1, 0.15) is 52.4 Å². The highest BCUT2D eigenvalue weighted by Gasteiger charge is 2.33. The van der Waals surface area contributed by atoms with Crippen LogP contribution in [0.2, 0.25) is 0 Å². The molecule has 3 atom stereocenters. The van der Waals surface area contributed by atoms with E-state index >= 15 is 0 Å². The van der Waals surface area contributed by atoms with Crippen molar-refractivity contribution in [3.8, 4) is 0 Å². The van der Waals surface area contributed by atoms with E-state index in [-0.39, 0.29) is 30.5 Å². The molecule has 0 radical (unpaired) electrons. The first-order valence-electron chi connectivity index (χ1n) is 14.0. The number of rotatable bonds is 9. The van der Waals surface area contributed by atoms with Gasteiger partial charge in [-0.3, -0.25) is 9.10 Å². The van der Waals surface area contributed by atoms with E-state index in [1.807, 2.05) is 36.4 Å². The first-order chi connectivity index (χ1) is 20.1. The van der Waals surface area contributed by atoms with Crippen molar-refractivity contribution in [1.29, 1.82) is 0 Å². The Kier molecular flexibility index (Phi) is 9.00. The number of carbonyl (C=O) groups is 1. The smallest absolute Gasteiger partial charge is 0.255 e. The molecule has 0 spiro atoms. The molecule has 0 bridgehead atoms. The number of alkyl halides is 1. The summed E-state index contributed by atoms with van der Waals surface area (Å²) in [6, 6.07) is 13.2. The van der Waals surface area contributed by atoms with E-state index in [2.05, 4.69) is 5.32 Å². The number of fused-ring (bicyclic) bond motifs is 1. The molecule has 2 aromatic carbocycles. The standard InChI is InChI=1S/C31H36FN3O5S2/c1-33-31(36)29-26-18-25(23-10-7-16-35(20-23)42(38,39)17-15-21-8-5-4-6-9-21)27(34(2)41(3)37)19-28(26)40-30(29)22-11-13-24(32)14-12-22/h4-6,8-9,11-13,18-19,23-24H,7,10,14-17,20H2,1-3H3,(H,33,36). The van der Waals surface area contributed by atoms with Gasteiger partial charge in [-0.15, -0.1) is 0 Å². The number of halogens is 1. The summed E-state index contributed by atoms with van der Waals surface area (Å²) in [6.45, 7) is 0.724. The van der Waals surface area contributed by atoms with Crippen LogP contribution in [0.4, 0.5) is 10.1 Å². The Balaban J connectivity index is 1.55. The van der Waals surface area contributed by atoms with E-state index in [0.717, 1.165) is 17.5 Å². The zero-order chi connectivity index (χ0) is 30.0. The molecule has 5 rings (SSSR count). The first-order valence-corrected chi connectivity index (χ1v) is 17.2. The van der Waals surface area contributed by atoms with Crippen LogP contribution in [-0.4, -0.2) is 68.2 Å². The van der Waals surface area contributed by atoms with E-state index in [9.17, 15) is 21.8 Å². The lowest BCUT2D eigenvalue weighted by Gasteiger charge is -2.34. The van der Waals surface area contributed by atoms with Gasteiger partial charge in [-0.25, -0.2) is 21.3 Å². The van der Waals surface area contributed by atoms with E-state index in [4.69, 9.17) is 4.42 Å². The number of allylic oxidation sites excluding steroid dienone is 4. The fourth-order valence-electron chi connectivity index (χ4n) is 5.67. The number of benzene rings is 2. The van der Waals surface area contributed by atoms with Gasteiger partial charge >= 0.3 is 0 Å². The third kappa shape index (κ3) is 6.23. The average molecular weight is 614 g/mol. The Labute approximate surface area is 248 Å². The molecule has 3 unspecified atom stereocenters. The van der Waals surface area contributed by atoms with E-state index in [0.29, 0.717) is 52.9 Å². The Morgan fingerprint density at radius 2 is 2.00 bits per heavy atom. The van der Waals surface area contributed by atoms with Gasteiger partial charge in [0.2, 0.25) is 10.0 Å². The van der Waals surface area contributed by atoms with Crippen molar-refractivity contribution < 1.29 is 26.2 Å². The van der Waals surface area contributed by atoms with Gasteiger partial charge in [0.25, 0.3) is 5.91 Å². The Bertz CT molecular complexity index is 1670. The number of amides is 1. The molecule has 0 saturated carbocycles. The summed E-state index contributed by atoms with van der Waals surface area (Å²) in [6.07, 6.45) is 7.27. The number of nitrogens with zero attached hydrogens (tertiary/aromatic N) is 2. The number of nitrogens with one attached hydrogen (secondary N) is 1. The van der Waals surface area contributed by atoms with Gasteiger partial charge in [0, 0.05) is 56.9 Å². The second kappa shape index (κ2) is 12.5. The molecule has 2 heterocycles. The number of hydrogen-bond donors (Lipinski definition) is 1. The highest BCUT2D eigenvalue weighted by atomic mass is 32.2. The van der Waals surface area contributed by atoms with E-state index in [1.165, 1.54) is 13.1 Å². The third-order valence-electron chi connectivity index (χ3n) is 8.03. The summed E-state index contributed by atoms with van der Waals surface area (Å²) >= 11 is 0. The molecule has 1 N–H and O–H groups in total. The molecule has 11 heteroatoms. The van der Waals surface area contributed by atoms with Crippen molar-refractivity contribution in [2.75, 3.05) is 43.5 Å². The van der Waals surface area contributed by atoms with Gasteiger partial charge in [0.1, 0.15) is 28.5 Å². The number of carbonyl (C=O) groups excluding carboxylic acids is 1. The molecular formula is C31H36FN3O5S2. The summed E-state index contributed by atoms with van der Waals surface area (Å²) in [5.41, 5.74) is 3.80. The minimum absolute atomic E-state index is 0.0166. The van der Waals surface area contributed by atoms with Crippen LogP contribution >= 0.6 is 0 Å². The van der Waals surface area contributed by atoms with Crippen LogP contribution in [0, 0.1) is 0 Å². The Morgan fingerprint density at radius 1 is 1.24 bits per heavy atom. The first kappa shape index (κ1) is 30.2. The number of aryl methyl sites for hydroxylation is 1. The number of furan rings is 1. The maximum absolute atomic E-state index is 13.8. The zero-order valence-corrected chi connectivity index (χ0v) is 25.6. The van der Waals surface area contributed by atoms with Gasteiger partial charge in [0.05, 0.1) is 17.0 Å². The number of piperidine rings is 1. The molecule has 1 amide bonds. The minimum Gasteiger partial charge on any atom is -0.455 e. The van der Waals surface area contributed by atoms with Crippen molar-refractivity contribution in [1.82, 2.24) is 9.62 Å². The number of sulfonamides is 1. The van der Waals surface area contributed by atoms with Gasteiger partial charge in [-0.1, -0.05) is 42.5 Å². The Morgan fingerprint density at radius 3 is 2.67 bits per heavy atom. The van der Waals surface area contributed by atoms with Gasteiger partial charge in [-0.2, -0.15) is 0 Å². The monoisotopic (exact) mass is 613 g/mol. The molecule has 2 aliphatic rings. The lowest BCUT2D eigenvalue weighted by atomic mass is 9.88. The summed E-state index contributed by atoms with van der Waals surface area (Å²) in [4.78, 5) is 13.2. The van der Waals surface area contributed by atoms with Crippen LogP contribution in [0.25, 0.3) is 16.5 Å². The van der Waals surface area contributed by atoms with Crippen LogP contribution in [0.5, 0.6) is 0 Å². The van der Waals surface area contributed by atoms with Crippen molar-refractivity contribution in [3.05, 3.63) is 83.1 Å². The molecular weight excluding hydrogens is 577 g/mol. The van der Waals surface area contributed by atoms with Crippen LogP contribution < -0.4 is 9.62 Å². The fourth-order valence-corrected chi connectivity index (χ4v) is 7.67. The SMILES string of the molecule is CNC(=O)c1c(C2=CCC(F)C=C2)oc2cc(N(C)S(C)=O)c(C3CCCN(S(=O)(=O)CCc4ccccc4)C3)cc12. The summed E-state index contributed by atoms with van der Waals surface area (Å²) in [7, 11) is -1.64. The highest BCUT2D eigenvalue weighted by molar-refractivity contribution is 7.89. The third-order valence-corrected chi connectivity index (χ3v) is 10.8. The normalized spacial score (nSPS) is 20.3. The van der Waals surface area contributed by atoms with Crippen LogP contribution in [0.3, 0.4) is 0 Å². The largest absolute Gasteiger partial charge is 0.455 e. The maximum atomic E-state index is 13.8. The van der Waals surface area contributed by atoms with Crippen LogP contribution in [0.15, 0.2) is 65.1 Å². The summed E-state index contributed by atoms with van der Waals surface area (Å²) in [5, 5.41) is 3.25. The van der Waals surface area contributed by atoms with Crippen molar-refractivity contribution in [3.63, 3.8) is 0 Å². The lowest BCUT2D eigenvalue weighted by molar-refractivity contribution is 0.0963. The second-order valence-corrected chi connectivity index (χ2v) is 14.2. The van der Waals surface area contributed by atoms with Crippen molar-refractivity contribution >= 4 is 49.1 Å². The molecule has 224 valence electrons. The lowest BCUT2D eigenvalue weighted by Crippen LogP contribution is -2.41. The predicted molar refractivity (Wildman–Crippen MR) is 166 cm³/mol. The van der Waals surface area contributed by atoms with E-state index in [1.54, 1.807) is 40.1 Å². The fraction of sp³-hybridized carbons (Fsp3) is 0.387. The average Bonchev–Trinajstić information content (AvgIpc) is 3.38. The molecule has 1 aliphatic heterocycles. The molecule has 8 nitrogen and oxygen atoms in total. The Hall–Kier alpha value is -3.28.